The van der Waals surface area contributed by atoms with Crippen LogP contribution < -0.4 is 0 Å². The van der Waals surface area contributed by atoms with Crippen LogP contribution in [0.25, 0.3) is 0 Å². The molecule has 0 radical (unpaired) electrons. The second-order valence-electron chi connectivity index (χ2n) is 10.4. The van der Waals surface area contributed by atoms with Gasteiger partial charge in [-0.15, -0.1) is 0 Å². The third-order valence-electron chi connectivity index (χ3n) is 8.94. The molecule has 0 aliphatic heterocycles. The first-order valence-corrected chi connectivity index (χ1v) is 9.31. The Bertz CT molecular complexity index is 450. The normalized spacial score (nSPS) is 53.5. The monoisotopic (exact) mass is 308 g/mol. The fourth-order valence-electron chi connectivity index (χ4n) is 6.44. The maximum Gasteiger partial charge on any atom is 0.0647 e. The van der Waals surface area contributed by atoms with Crippen LogP contribution in [0, 0.1) is 33.5 Å². The van der Waals surface area contributed by atoms with Gasteiger partial charge in [-0.05, 0) is 72.0 Å². The van der Waals surface area contributed by atoms with Crippen molar-refractivity contribution in [3.63, 3.8) is 0 Å². The predicted octanol–water partition coefficient (Wildman–Crippen LogP) is 4.39. The Kier molecular flexibility index (Phi) is 3.60. The van der Waals surface area contributed by atoms with Gasteiger partial charge in [0.25, 0.3) is 0 Å². The quantitative estimate of drug-likeness (QED) is 0.697. The molecule has 0 spiro atoms. The minimum absolute atomic E-state index is 0.0313. The molecule has 4 fully saturated rings. The summed E-state index contributed by atoms with van der Waals surface area (Å²) >= 11 is 0. The van der Waals surface area contributed by atoms with Crippen LogP contribution in [0.5, 0.6) is 0 Å². The highest BCUT2D eigenvalue weighted by molar-refractivity contribution is 5.10. The fraction of sp³-hybridized carbons (Fsp3) is 1.00. The van der Waals surface area contributed by atoms with E-state index in [9.17, 15) is 10.2 Å². The van der Waals surface area contributed by atoms with Gasteiger partial charge in [-0.3, -0.25) is 0 Å². The van der Waals surface area contributed by atoms with E-state index in [1.165, 1.54) is 32.1 Å². The molecule has 0 heterocycles. The molecule has 2 heteroatoms. The molecule has 2 N–H and O–H groups in total. The van der Waals surface area contributed by atoms with Crippen LogP contribution in [-0.4, -0.2) is 22.4 Å². The maximum atomic E-state index is 10.0. The van der Waals surface area contributed by atoms with Crippen LogP contribution in [0.4, 0.5) is 0 Å². The summed E-state index contributed by atoms with van der Waals surface area (Å²) in [6.45, 7) is 13.6. The van der Waals surface area contributed by atoms with E-state index in [0.717, 1.165) is 18.3 Å². The van der Waals surface area contributed by atoms with Crippen LogP contribution in [0.15, 0.2) is 0 Å². The van der Waals surface area contributed by atoms with Gasteiger partial charge in [0.2, 0.25) is 0 Å². The molecule has 4 rings (SSSR count). The Morgan fingerprint density at radius 2 is 1.41 bits per heavy atom. The molecule has 6 atom stereocenters. The SMILES string of the molecule is CC1(C)[C@@H]2CC[C@@](C)(C2)[C@H]1O.CC1(C)[C@H]2CC[C@]1(C)[C@@H](O)C2. The van der Waals surface area contributed by atoms with Crippen molar-refractivity contribution < 1.29 is 10.2 Å². The third kappa shape index (κ3) is 1.99. The van der Waals surface area contributed by atoms with Crippen molar-refractivity contribution in [1.29, 1.82) is 0 Å². The highest BCUT2D eigenvalue weighted by atomic mass is 16.3. The smallest absolute Gasteiger partial charge is 0.0647 e. The number of hydrogen-bond donors (Lipinski definition) is 2. The molecule has 0 aromatic heterocycles. The lowest BCUT2D eigenvalue weighted by molar-refractivity contribution is -0.0340. The van der Waals surface area contributed by atoms with Crippen molar-refractivity contribution >= 4 is 0 Å². The van der Waals surface area contributed by atoms with Gasteiger partial charge in [-0.1, -0.05) is 41.5 Å². The van der Waals surface area contributed by atoms with Gasteiger partial charge in [0, 0.05) is 0 Å². The molecule has 2 nitrogen and oxygen atoms in total. The van der Waals surface area contributed by atoms with Crippen molar-refractivity contribution in [2.24, 2.45) is 33.5 Å². The van der Waals surface area contributed by atoms with Crippen molar-refractivity contribution in [3.8, 4) is 0 Å². The highest BCUT2D eigenvalue weighted by Crippen LogP contribution is 2.65. The molecule has 0 amide bonds. The molecule has 22 heavy (non-hydrogen) atoms. The zero-order valence-corrected chi connectivity index (χ0v) is 15.4. The van der Waals surface area contributed by atoms with Crippen molar-refractivity contribution in [1.82, 2.24) is 0 Å². The molecule has 128 valence electrons. The molecule has 0 unspecified atom stereocenters. The zero-order valence-electron chi connectivity index (χ0n) is 15.4. The standard InChI is InChI=1S/2C10H18O/c1-9(2)7-4-5-10(3,6-7)8(9)11;1-9(2)7-4-5-10(9,3)8(11)6-7/h2*7-8,11H,4-6H2,1-3H3/t7-,8+,10+;7-,8-,10+/m10/s1. The maximum absolute atomic E-state index is 10.0. The lowest BCUT2D eigenvalue weighted by Crippen LogP contribution is -2.39. The van der Waals surface area contributed by atoms with Crippen LogP contribution in [0.2, 0.25) is 0 Å². The summed E-state index contributed by atoms with van der Waals surface area (Å²) in [6.07, 6.45) is 7.34. The van der Waals surface area contributed by atoms with Crippen molar-refractivity contribution in [2.45, 2.75) is 92.3 Å². The van der Waals surface area contributed by atoms with Crippen LogP contribution in [-0.2, 0) is 0 Å². The van der Waals surface area contributed by atoms with E-state index in [1.54, 1.807) is 0 Å². The Labute approximate surface area is 136 Å². The topological polar surface area (TPSA) is 40.5 Å². The first kappa shape index (κ1) is 16.8. The molecule has 4 saturated carbocycles. The van der Waals surface area contributed by atoms with E-state index < -0.39 is 0 Å². The van der Waals surface area contributed by atoms with Gasteiger partial charge < -0.3 is 10.2 Å². The van der Waals surface area contributed by atoms with E-state index >= 15 is 0 Å². The van der Waals surface area contributed by atoms with Crippen LogP contribution >= 0.6 is 0 Å². The van der Waals surface area contributed by atoms with Gasteiger partial charge in [0.15, 0.2) is 0 Å². The van der Waals surface area contributed by atoms with Gasteiger partial charge >= 0.3 is 0 Å². The van der Waals surface area contributed by atoms with Gasteiger partial charge in [0.05, 0.1) is 12.2 Å². The van der Waals surface area contributed by atoms with Gasteiger partial charge in [-0.2, -0.15) is 0 Å². The van der Waals surface area contributed by atoms with Crippen LogP contribution in [0.3, 0.4) is 0 Å². The second kappa shape index (κ2) is 4.72. The minimum atomic E-state index is -0.0613. The van der Waals surface area contributed by atoms with Crippen LogP contribution in [0.1, 0.15) is 80.1 Å². The van der Waals surface area contributed by atoms with E-state index in [1.807, 2.05) is 0 Å². The molecule has 4 bridgehead atoms. The summed E-state index contributed by atoms with van der Waals surface area (Å²) in [6, 6.07) is 0. The van der Waals surface area contributed by atoms with E-state index in [2.05, 4.69) is 41.5 Å². The van der Waals surface area contributed by atoms with E-state index in [-0.39, 0.29) is 28.5 Å². The Balaban J connectivity index is 0.000000131. The largest absolute Gasteiger partial charge is 0.393 e. The molecule has 4 aliphatic rings. The molecule has 0 aromatic rings. The highest BCUT2D eigenvalue weighted by Gasteiger charge is 2.61. The summed E-state index contributed by atoms with van der Waals surface area (Å²) in [5.74, 6) is 1.56. The summed E-state index contributed by atoms with van der Waals surface area (Å²) in [5, 5.41) is 19.8. The van der Waals surface area contributed by atoms with Gasteiger partial charge in [0.1, 0.15) is 0 Å². The van der Waals surface area contributed by atoms with E-state index in [0.29, 0.717) is 5.41 Å². The number of aliphatic hydroxyl groups excluding tert-OH is 2. The van der Waals surface area contributed by atoms with E-state index in [4.69, 9.17) is 0 Å². The molecule has 0 saturated heterocycles. The number of rotatable bonds is 0. The summed E-state index contributed by atoms with van der Waals surface area (Å²) in [5.41, 5.74) is 1.05. The average molecular weight is 309 g/mol. The first-order valence-electron chi connectivity index (χ1n) is 9.31. The van der Waals surface area contributed by atoms with Crippen molar-refractivity contribution in [2.75, 3.05) is 0 Å². The molecular formula is C20H36O2. The number of fused-ring (bicyclic) bond motifs is 4. The zero-order chi connectivity index (χ0) is 16.6. The number of aliphatic hydroxyl groups is 2. The Morgan fingerprint density at radius 1 is 0.818 bits per heavy atom. The fourth-order valence-corrected chi connectivity index (χ4v) is 6.44. The Hall–Kier alpha value is -0.0800. The number of hydrogen-bond acceptors (Lipinski definition) is 2. The first-order chi connectivity index (χ1) is 9.95. The minimum Gasteiger partial charge on any atom is -0.393 e. The van der Waals surface area contributed by atoms with Crippen molar-refractivity contribution in [3.05, 3.63) is 0 Å². The summed E-state index contributed by atoms with van der Waals surface area (Å²) in [7, 11) is 0. The summed E-state index contributed by atoms with van der Waals surface area (Å²) in [4.78, 5) is 0. The average Bonchev–Trinajstić information content (AvgIpc) is 3.02. The molecule has 0 aromatic carbocycles. The third-order valence-corrected chi connectivity index (χ3v) is 8.94. The predicted molar refractivity (Wildman–Crippen MR) is 90.5 cm³/mol. The lowest BCUT2D eigenvalue weighted by Gasteiger charge is -2.38. The second-order valence-corrected chi connectivity index (χ2v) is 10.4. The lowest BCUT2D eigenvalue weighted by atomic mass is 9.70. The Morgan fingerprint density at radius 3 is 1.64 bits per heavy atom. The summed E-state index contributed by atoms with van der Waals surface area (Å²) < 4.78 is 0. The molecule has 4 aliphatic carbocycles. The molecular weight excluding hydrogens is 272 g/mol. The van der Waals surface area contributed by atoms with Gasteiger partial charge in [-0.25, -0.2) is 0 Å².